The maximum absolute atomic E-state index is 10.6. The van der Waals surface area contributed by atoms with Crippen LogP contribution >= 0.6 is 11.3 Å². The van der Waals surface area contributed by atoms with E-state index in [9.17, 15) is 4.79 Å². The number of aliphatic carboxylic acids is 1. The lowest BCUT2D eigenvalue weighted by Crippen LogP contribution is -2.26. The second-order valence-electron chi connectivity index (χ2n) is 5.15. The monoisotopic (exact) mass is 279 g/mol. The summed E-state index contributed by atoms with van der Waals surface area (Å²) in [5.74, 6) is 0.00469. The highest BCUT2D eigenvalue weighted by Crippen LogP contribution is 2.31. The van der Waals surface area contributed by atoms with Gasteiger partial charge in [0, 0.05) is 24.0 Å². The normalized spacial score (nSPS) is 15.5. The van der Waals surface area contributed by atoms with Gasteiger partial charge in [-0.1, -0.05) is 6.92 Å². The number of hydrogen-bond acceptors (Lipinski definition) is 3. The molecule has 0 bridgehead atoms. The van der Waals surface area contributed by atoms with E-state index in [1.807, 2.05) is 11.4 Å². The molecule has 2 rings (SSSR count). The molecule has 1 heterocycles. The van der Waals surface area contributed by atoms with Crippen LogP contribution < -0.4 is 0 Å². The van der Waals surface area contributed by atoms with Crippen LogP contribution in [0.25, 0.3) is 6.08 Å². The first-order valence-electron chi connectivity index (χ1n) is 6.88. The van der Waals surface area contributed by atoms with Crippen molar-refractivity contribution >= 4 is 23.4 Å². The number of hydrogen-bond donors (Lipinski definition) is 1. The molecule has 3 nitrogen and oxygen atoms in total. The van der Waals surface area contributed by atoms with Crippen LogP contribution in [0.5, 0.6) is 0 Å². The molecule has 1 N–H and O–H groups in total. The first-order valence-corrected chi connectivity index (χ1v) is 7.76. The van der Waals surface area contributed by atoms with Gasteiger partial charge in [0.05, 0.1) is 0 Å². The number of carboxylic acid groups (broad SMARTS) is 1. The van der Waals surface area contributed by atoms with Crippen LogP contribution in [0.2, 0.25) is 0 Å². The second-order valence-corrected chi connectivity index (χ2v) is 6.15. The van der Waals surface area contributed by atoms with E-state index >= 15 is 0 Å². The maximum atomic E-state index is 10.6. The van der Waals surface area contributed by atoms with Gasteiger partial charge in [-0.2, -0.15) is 0 Å². The van der Waals surface area contributed by atoms with E-state index in [1.165, 1.54) is 36.8 Å². The Balaban J connectivity index is 1.99. The number of thiophene rings is 1. The number of carbonyl (C=O) groups is 1. The van der Waals surface area contributed by atoms with E-state index in [0.717, 1.165) is 24.6 Å². The van der Waals surface area contributed by atoms with E-state index in [2.05, 4.69) is 11.8 Å². The first-order chi connectivity index (χ1) is 9.19. The van der Waals surface area contributed by atoms with Crippen molar-refractivity contribution in [3.63, 3.8) is 0 Å². The fraction of sp³-hybridized carbons (Fsp3) is 0.533. The van der Waals surface area contributed by atoms with Crippen molar-refractivity contribution in [1.29, 1.82) is 0 Å². The highest BCUT2D eigenvalue weighted by atomic mass is 32.1. The third-order valence-corrected chi connectivity index (χ3v) is 4.23. The average Bonchev–Trinajstić information content (AvgIpc) is 3.05. The Hall–Kier alpha value is -1.13. The molecule has 0 amide bonds. The summed E-state index contributed by atoms with van der Waals surface area (Å²) in [4.78, 5) is 14.4. The SMILES string of the molecule is CCCN(Cc1sccc1C=CC(=O)O)CC1CC1. The largest absolute Gasteiger partial charge is 0.478 e. The van der Waals surface area contributed by atoms with Gasteiger partial charge in [-0.15, -0.1) is 11.3 Å². The molecule has 1 saturated carbocycles. The van der Waals surface area contributed by atoms with Crippen LogP contribution in [-0.4, -0.2) is 29.1 Å². The topological polar surface area (TPSA) is 40.5 Å². The summed E-state index contributed by atoms with van der Waals surface area (Å²) >= 11 is 1.72. The minimum absolute atomic E-state index is 0.888. The molecule has 1 aromatic rings. The van der Waals surface area contributed by atoms with Crippen molar-refractivity contribution in [3.05, 3.63) is 28.0 Å². The van der Waals surface area contributed by atoms with Gasteiger partial charge in [0.15, 0.2) is 0 Å². The zero-order valence-corrected chi connectivity index (χ0v) is 12.2. The van der Waals surface area contributed by atoms with Gasteiger partial charge in [-0.3, -0.25) is 4.90 Å². The van der Waals surface area contributed by atoms with Gasteiger partial charge >= 0.3 is 5.97 Å². The minimum atomic E-state index is -0.888. The highest BCUT2D eigenvalue weighted by molar-refractivity contribution is 7.10. The molecule has 1 aliphatic rings. The smallest absolute Gasteiger partial charge is 0.328 e. The lowest BCUT2D eigenvalue weighted by molar-refractivity contribution is -0.131. The number of nitrogens with zero attached hydrogens (tertiary/aromatic N) is 1. The summed E-state index contributed by atoms with van der Waals surface area (Å²) in [6.07, 6.45) is 6.83. The molecule has 0 saturated heterocycles. The van der Waals surface area contributed by atoms with E-state index < -0.39 is 5.97 Å². The molecule has 0 aliphatic heterocycles. The molecular weight excluding hydrogens is 258 g/mol. The van der Waals surface area contributed by atoms with E-state index in [4.69, 9.17) is 5.11 Å². The van der Waals surface area contributed by atoms with Crippen LogP contribution in [0.15, 0.2) is 17.5 Å². The first kappa shape index (κ1) is 14.3. The van der Waals surface area contributed by atoms with Crippen molar-refractivity contribution in [2.24, 2.45) is 5.92 Å². The molecule has 19 heavy (non-hydrogen) atoms. The summed E-state index contributed by atoms with van der Waals surface area (Å²) in [6.45, 7) is 5.46. The third-order valence-electron chi connectivity index (χ3n) is 3.31. The van der Waals surface area contributed by atoms with Crippen molar-refractivity contribution in [1.82, 2.24) is 4.90 Å². The van der Waals surface area contributed by atoms with Gasteiger partial charge < -0.3 is 5.11 Å². The Labute approximate surface area is 118 Å². The van der Waals surface area contributed by atoms with Gasteiger partial charge in [-0.25, -0.2) is 4.79 Å². The summed E-state index contributed by atoms with van der Waals surface area (Å²) in [6, 6.07) is 2.00. The van der Waals surface area contributed by atoms with Gasteiger partial charge in [0.1, 0.15) is 0 Å². The Morgan fingerprint density at radius 2 is 2.37 bits per heavy atom. The quantitative estimate of drug-likeness (QED) is 0.741. The summed E-state index contributed by atoms with van der Waals surface area (Å²) in [7, 11) is 0. The average molecular weight is 279 g/mol. The molecule has 104 valence electrons. The number of rotatable bonds is 8. The van der Waals surface area contributed by atoms with Gasteiger partial charge in [0.2, 0.25) is 0 Å². The Morgan fingerprint density at radius 1 is 1.58 bits per heavy atom. The van der Waals surface area contributed by atoms with Crippen LogP contribution in [0.1, 0.15) is 36.6 Å². The molecule has 0 atom stereocenters. The molecular formula is C15H21NO2S. The summed E-state index contributed by atoms with van der Waals surface area (Å²) in [5, 5.41) is 10.7. The van der Waals surface area contributed by atoms with Crippen molar-refractivity contribution in [2.45, 2.75) is 32.7 Å². The van der Waals surface area contributed by atoms with Gasteiger partial charge in [0.25, 0.3) is 0 Å². The molecule has 4 heteroatoms. The lowest BCUT2D eigenvalue weighted by Gasteiger charge is -2.21. The lowest BCUT2D eigenvalue weighted by atomic mass is 10.2. The predicted molar refractivity (Wildman–Crippen MR) is 79.3 cm³/mol. The fourth-order valence-corrected chi connectivity index (χ4v) is 3.12. The molecule has 1 aliphatic carbocycles. The van der Waals surface area contributed by atoms with Crippen LogP contribution in [-0.2, 0) is 11.3 Å². The summed E-state index contributed by atoms with van der Waals surface area (Å²) < 4.78 is 0. The zero-order chi connectivity index (χ0) is 13.7. The molecule has 1 aromatic heterocycles. The van der Waals surface area contributed by atoms with Crippen molar-refractivity contribution < 1.29 is 9.90 Å². The van der Waals surface area contributed by atoms with Gasteiger partial charge in [-0.05, 0) is 54.8 Å². The second kappa shape index (κ2) is 6.87. The summed E-state index contributed by atoms with van der Waals surface area (Å²) in [5.41, 5.74) is 1.05. The fourth-order valence-electron chi connectivity index (χ4n) is 2.21. The van der Waals surface area contributed by atoms with E-state index in [1.54, 1.807) is 17.4 Å². The molecule has 0 spiro atoms. The van der Waals surface area contributed by atoms with Crippen molar-refractivity contribution in [2.75, 3.05) is 13.1 Å². The molecule has 0 unspecified atom stereocenters. The standard InChI is InChI=1S/C15H21NO2S/c1-2-8-16(10-12-3-4-12)11-14-13(7-9-19-14)5-6-15(17)18/h5-7,9,12H,2-4,8,10-11H2,1H3,(H,17,18). The molecule has 0 radical (unpaired) electrons. The van der Waals surface area contributed by atoms with Crippen LogP contribution in [0, 0.1) is 5.92 Å². The third kappa shape index (κ3) is 4.80. The van der Waals surface area contributed by atoms with Crippen LogP contribution in [0.3, 0.4) is 0 Å². The Bertz CT molecular complexity index is 449. The van der Waals surface area contributed by atoms with Crippen LogP contribution in [0.4, 0.5) is 0 Å². The molecule has 1 fully saturated rings. The van der Waals surface area contributed by atoms with E-state index in [-0.39, 0.29) is 0 Å². The zero-order valence-electron chi connectivity index (χ0n) is 11.3. The highest BCUT2D eigenvalue weighted by Gasteiger charge is 2.24. The van der Waals surface area contributed by atoms with E-state index in [0.29, 0.717) is 0 Å². The molecule has 0 aromatic carbocycles. The number of carboxylic acids is 1. The minimum Gasteiger partial charge on any atom is -0.478 e. The Kier molecular flexibility index (Phi) is 5.16. The van der Waals surface area contributed by atoms with Crippen molar-refractivity contribution in [3.8, 4) is 0 Å². The predicted octanol–water partition coefficient (Wildman–Crippen LogP) is 3.47. The Morgan fingerprint density at radius 3 is 3.00 bits per heavy atom. The maximum Gasteiger partial charge on any atom is 0.328 e.